The summed E-state index contributed by atoms with van der Waals surface area (Å²) in [5, 5.41) is 12.5. The molecule has 1 aromatic heterocycles. The minimum atomic E-state index is -4.59. The first-order chi connectivity index (χ1) is 22.1. The molecule has 5 aromatic rings. The average molecular weight is 629 g/mol. The summed E-state index contributed by atoms with van der Waals surface area (Å²) >= 11 is 0. The fourth-order valence-electron chi connectivity index (χ4n) is 4.56. The van der Waals surface area contributed by atoms with Gasteiger partial charge in [-0.05, 0) is 65.7 Å². The largest absolute Gasteiger partial charge is 0.480 e. The number of aromatic nitrogens is 1. The molecule has 0 unspecified atom stereocenters. The molecule has 1 atom stereocenters. The summed E-state index contributed by atoms with van der Waals surface area (Å²) in [5.41, 5.74) is -0.447. The maximum Gasteiger partial charge on any atom is 0.416 e. The molecule has 11 heteroatoms. The SMILES string of the molecule is O=C(Nc1cc(-c2ccc(Oc3ccccc3)cc2)cn([C@@H](COCc2ccccc2)C(=O)O)c1=O)c1ccc(C(F)(F)F)cc1. The second kappa shape index (κ2) is 14.0. The summed E-state index contributed by atoms with van der Waals surface area (Å²) in [6, 6.07) is 28.3. The topological polar surface area (TPSA) is 107 Å². The van der Waals surface area contributed by atoms with Gasteiger partial charge in [0.2, 0.25) is 0 Å². The summed E-state index contributed by atoms with van der Waals surface area (Å²) < 4.78 is 51.5. The Kier molecular flexibility index (Phi) is 9.63. The standard InChI is InChI=1S/C35H27F3N2O6/c36-35(37,38)27-15-11-25(12-16-27)32(41)39-30-19-26(24-13-17-29(18-14-24)46-28-9-5-2-6-10-28)20-40(33(30)42)31(34(43)44)22-45-21-23-7-3-1-4-8-23/h1-20,31H,21-22H2,(H,39,41)(H,43,44)/t31-/m0/s1. The van der Waals surface area contributed by atoms with E-state index >= 15 is 0 Å². The summed E-state index contributed by atoms with van der Waals surface area (Å²) in [5.74, 6) is -1.05. The number of nitrogens with one attached hydrogen (secondary N) is 1. The molecule has 1 heterocycles. The van der Waals surface area contributed by atoms with Gasteiger partial charge in [-0.25, -0.2) is 4.79 Å². The monoisotopic (exact) mass is 628 g/mol. The van der Waals surface area contributed by atoms with Crippen molar-refractivity contribution in [3.63, 3.8) is 0 Å². The van der Waals surface area contributed by atoms with Crippen molar-refractivity contribution in [2.24, 2.45) is 0 Å². The van der Waals surface area contributed by atoms with Crippen molar-refractivity contribution in [3.8, 4) is 22.6 Å². The van der Waals surface area contributed by atoms with Crippen LogP contribution in [0.25, 0.3) is 11.1 Å². The molecule has 0 radical (unpaired) electrons. The third kappa shape index (κ3) is 7.88. The van der Waals surface area contributed by atoms with E-state index in [4.69, 9.17) is 9.47 Å². The zero-order valence-corrected chi connectivity index (χ0v) is 24.1. The number of hydrogen-bond acceptors (Lipinski definition) is 5. The maximum atomic E-state index is 13.6. The van der Waals surface area contributed by atoms with Gasteiger partial charge in [0.25, 0.3) is 11.5 Å². The molecule has 234 valence electrons. The zero-order valence-electron chi connectivity index (χ0n) is 24.1. The number of carboxylic acids is 1. The van der Waals surface area contributed by atoms with Crippen molar-refractivity contribution < 1.29 is 37.3 Å². The van der Waals surface area contributed by atoms with E-state index in [9.17, 15) is 32.7 Å². The van der Waals surface area contributed by atoms with Crippen molar-refractivity contribution >= 4 is 17.6 Å². The molecule has 0 bridgehead atoms. The number of rotatable bonds is 11. The van der Waals surface area contributed by atoms with Gasteiger partial charge < -0.3 is 19.9 Å². The molecule has 4 aromatic carbocycles. The Bertz CT molecular complexity index is 1860. The maximum absolute atomic E-state index is 13.6. The van der Waals surface area contributed by atoms with Gasteiger partial charge in [0.05, 0.1) is 18.8 Å². The van der Waals surface area contributed by atoms with E-state index in [1.165, 1.54) is 12.3 Å². The molecule has 0 aliphatic heterocycles. The smallest absolute Gasteiger partial charge is 0.416 e. The number of nitrogens with zero attached hydrogens (tertiary/aromatic N) is 1. The van der Waals surface area contributed by atoms with Crippen LogP contribution in [0.3, 0.4) is 0 Å². The quantitative estimate of drug-likeness (QED) is 0.158. The van der Waals surface area contributed by atoms with Crippen LogP contribution in [0.15, 0.2) is 126 Å². The first kappa shape index (κ1) is 31.7. The highest BCUT2D eigenvalue weighted by molar-refractivity contribution is 6.04. The van der Waals surface area contributed by atoms with Crippen molar-refractivity contribution in [2.45, 2.75) is 18.8 Å². The van der Waals surface area contributed by atoms with Crippen LogP contribution < -0.4 is 15.6 Å². The first-order valence-electron chi connectivity index (χ1n) is 14.0. The number of carbonyl (C=O) groups is 2. The van der Waals surface area contributed by atoms with E-state index in [2.05, 4.69) is 5.32 Å². The number of ether oxygens (including phenoxy) is 2. The van der Waals surface area contributed by atoms with Gasteiger partial charge in [-0.2, -0.15) is 13.2 Å². The number of pyridine rings is 1. The van der Waals surface area contributed by atoms with Gasteiger partial charge in [0, 0.05) is 17.3 Å². The lowest BCUT2D eigenvalue weighted by atomic mass is 10.1. The molecule has 0 aliphatic rings. The van der Waals surface area contributed by atoms with Crippen LogP contribution in [0.5, 0.6) is 11.5 Å². The summed E-state index contributed by atoms with van der Waals surface area (Å²) in [4.78, 5) is 39.0. The minimum Gasteiger partial charge on any atom is -0.480 e. The molecule has 2 N–H and O–H groups in total. The van der Waals surface area contributed by atoms with Crippen LogP contribution in [0.4, 0.5) is 18.9 Å². The van der Waals surface area contributed by atoms with Crippen LogP contribution in [-0.4, -0.2) is 28.2 Å². The van der Waals surface area contributed by atoms with Crippen LogP contribution in [0.2, 0.25) is 0 Å². The number of benzene rings is 4. The predicted octanol–water partition coefficient (Wildman–Crippen LogP) is 7.42. The number of para-hydroxylation sites is 1. The van der Waals surface area contributed by atoms with Gasteiger partial charge in [0.15, 0.2) is 6.04 Å². The molecule has 8 nitrogen and oxygen atoms in total. The molecule has 0 saturated carbocycles. The van der Waals surface area contributed by atoms with Crippen LogP contribution in [0.1, 0.15) is 27.5 Å². The van der Waals surface area contributed by atoms with Crippen molar-refractivity contribution in [2.75, 3.05) is 11.9 Å². The lowest BCUT2D eigenvalue weighted by Crippen LogP contribution is -2.34. The van der Waals surface area contributed by atoms with Gasteiger partial charge in [-0.3, -0.25) is 14.2 Å². The first-order valence-corrected chi connectivity index (χ1v) is 14.0. The van der Waals surface area contributed by atoms with Crippen LogP contribution >= 0.6 is 0 Å². The third-order valence-electron chi connectivity index (χ3n) is 6.94. The Labute approximate surface area is 261 Å². The number of halogens is 3. The number of carbonyl (C=O) groups excluding carboxylic acids is 1. The molecule has 0 aliphatic carbocycles. The van der Waals surface area contributed by atoms with Crippen molar-refractivity contribution in [1.29, 1.82) is 0 Å². The number of aliphatic carboxylic acids is 1. The van der Waals surface area contributed by atoms with Gasteiger partial charge in [-0.1, -0.05) is 60.7 Å². The van der Waals surface area contributed by atoms with Crippen molar-refractivity contribution in [1.82, 2.24) is 4.57 Å². The average Bonchev–Trinajstić information content (AvgIpc) is 3.05. The molecule has 0 saturated heterocycles. The lowest BCUT2D eigenvalue weighted by molar-refractivity contribution is -0.143. The van der Waals surface area contributed by atoms with Gasteiger partial charge in [-0.15, -0.1) is 0 Å². The highest BCUT2D eigenvalue weighted by Crippen LogP contribution is 2.30. The normalized spacial score (nSPS) is 11.9. The zero-order chi connectivity index (χ0) is 32.7. The number of anilines is 1. The third-order valence-corrected chi connectivity index (χ3v) is 6.94. The number of hydrogen-bond donors (Lipinski definition) is 2. The van der Waals surface area contributed by atoms with E-state index in [-0.39, 0.29) is 24.5 Å². The predicted molar refractivity (Wildman–Crippen MR) is 165 cm³/mol. The summed E-state index contributed by atoms with van der Waals surface area (Å²) in [7, 11) is 0. The van der Waals surface area contributed by atoms with Gasteiger partial charge in [0.1, 0.15) is 17.2 Å². The molecule has 1 amide bonds. The fraction of sp³-hybridized carbons (Fsp3) is 0.114. The van der Waals surface area contributed by atoms with E-state index in [0.29, 0.717) is 22.6 Å². The Balaban J connectivity index is 1.47. The fourth-order valence-corrected chi connectivity index (χ4v) is 4.56. The van der Waals surface area contributed by atoms with E-state index in [1.54, 1.807) is 36.4 Å². The second-order valence-corrected chi connectivity index (χ2v) is 10.2. The number of alkyl halides is 3. The Morgan fingerprint density at radius 1 is 0.804 bits per heavy atom. The Hall–Kier alpha value is -5.68. The molecule has 5 rings (SSSR count). The van der Waals surface area contributed by atoms with Crippen molar-refractivity contribution in [3.05, 3.63) is 149 Å². The number of amides is 1. The Morgan fingerprint density at radius 2 is 1.41 bits per heavy atom. The highest BCUT2D eigenvalue weighted by atomic mass is 19.4. The molecular formula is C35H27F3N2O6. The second-order valence-electron chi connectivity index (χ2n) is 10.2. The van der Waals surface area contributed by atoms with Gasteiger partial charge >= 0.3 is 12.1 Å². The van der Waals surface area contributed by atoms with E-state index in [0.717, 1.165) is 34.4 Å². The lowest BCUT2D eigenvalue weighted by Gasteiger charge is -2.19. The Morgan fingerprint density at radius 3 is 2.02 bits per heavy atom. The van der Waals surface area contributed by atoms with Crippen LogP contribution in [0, 0.1) is 0 Å². The molecule has 0 spiro atoms. The molecule has 0 fully saturated rings. The van der Waals surface area contributed by atoms with Crippen LogP contribution in [-0.2, 0) is 22.3 Å². The summed E-state index contributed by atoms with van der Waals surface area (Å²) in [6.07, 6.45) is -3.24. The summed E-state index contributed by atoms with van der Waals surface area (Å²) in [6.45, 7) is -0.275. The van der Waals surface area contributed by atoms with E-state index < -0.39 is 35.2 Å². The highest BCUT2D eigenvalue weighted by Gasteiger charge is 2.30. The molecule has 46 heavy (non-hydrogen) atoms. The van der Waals surface area contributed by atoms with E-state index in [1.807, 2.05) is 48.5 Å². The number of carboxylic acid groups (broad SMARTS) is 1. The minimum absolute atomic E-state index is 0.0967. The molecular weight excluding hydrogens is 601 g/mol.